The van der Waals surface area contributed by atoms with Gasteiger partial charge in [0.15, 0.2) is 0 Å². The number of hydrogen-bond acceptors (Lipinski definition) is 5. The molecule has 6 heteroatoms. The van der Waals surface area contributed by atoms with Crippen molar-refractivity contribution in [3.8, 4) is 0 Å². The van der Waals surface area contributed by atoms with Crippen molar-refractivity contribution in [1.29, 1.82) is 0 Å². The maximum absolute atomic E-state index is 12.5. The van der Waals surface area contributed by atoms with Crippen molar-refractivity contribution in [2.75, 3.05) is 13.2 Å². The molecule has 0 aliphatic heterocycles. The van der Waals surface area contributed by atoms with E-state index in [0.29, 0.717) is 19.4 Å². The van der Waals surface area contributed by atoms with Gasteiger partial charge in [-0.1, -0.05) is 359 Å². The summed E-state index contributed by atoms with van der Waals surface area (Å²) in [6.07, 6.45) is 86.9. The van der Waals surface area contributed by atoms with E-state index in [4.69, 9.17) is 4.74 Å². The first-order valence-corrected chi connectivity index (χ1v) is 36.1. The van der Waals surface area contributed by atoms with Crippen molar-refractivity contribution < 1.29 is 24.5 Å². The summed E-state index contributed by atoms with van der Waals surface area (Å²) in [7, 11) is 0. The molecule has 0 rings (SSSR count). The van der Waals surface area contributed by atoms with Crippen LogP contribution < -0.4 is 5.32 Å². The fourth-order valence-electron chi connectivity index (χ4n) is 11.5. The van der Waals surface area contributed by atoms with E-state index in [0.717, 1.165) is 38.5 Å². The molecular weight excluding hydrogens is 971 g/mol. The Morgan fingerprint density at radius 2 is 0.595 bits per heavy atom. The van der Waals surface area contributed by atoms with Crippen LogP contribution in [0.25, 0.3) is 0 Å². The molecule has 0 saturated carbocycles. The molecular formula is C73H141NO5. The van der Waals surface area contributed by atoms with Gasteiger partial charge < -0.3 is 20.3 Å². The summed E-state index contributed by atoms with van der Waals surface area (Å²) < 4.78 is 5.51. The minimum absolute atomic E-state index is 0.0164. The number of ether oxygens (including phenoxy) is 1. The van der Waals surface area contributed by atoms with Gasteiger partial charge in [-0.05, 0) is 57.8 Å². The third kappa shape index (κ3) is 65.4. The quantitative estimate of drug-likeness (QED) is 0.0320. The van der Waals surface area contributed by atoms with Crippen LogP contribution in [0.5, 0.6) is 0 Å². The molecule has 6 nitrogen and oxygen atoms in total. The molecule has 0 bridgehead atoms. The molecule has 3 N–H and O–H groups in total. The molecule has 2 unspecified atom stereocenters. The number of carbonyl (C=O) groups is 2. The summed E-state index contributed by atoms with van der Waals surface area (Å²) in [6, 6.07) is -0.627. The van der Waals surface area contributed by atoms with Gasteiger partial charge >= 0.3 is 5.97 Å². The fraction of sp³-hybridized carbons (Fsp3) is 0.918. The van der Waals surface area contributed by atoms with E-state index in [-0.39, 0.29) is 18.5 Å². The maximum Gasteiger partial charge on any atom is 0.305 e. The molecule has 0 aromatic rings. The monoisotopic (exact) mass is 1110 g/mol. The number of allylic oxidation sites excluding steroid dienone is 3. The molecule has 2 atom stereocenters. The average molecular weight is 1110 g/mol. The Bertz CT molecular complexity index is 1230. The second-order valence-electron chi connectivity index (χ2n) is 24.9. The highest BCUT2D eigenvalue weighted by Gasteiger charge is 2.18. The topological polar surface area (TPSA) is 95.9 Å². The van der Waals surface area contributed by atoms with Gasteiger partial charge in [-0.15, -0.1) is 0 Å². The van der Waals surface area contributed by atoms with Crippen molar-refractivity contribution >= 4 is 11.9 Å². The Hall–Kier alpha value is -1.66. The molecule has 0 aliphatic carbocycles. The lowest BCUT2D eigenvalue weighted by Crippen LogP contribution is -2.45. The lowest BCUT2D eigenvalue weighted by molar-refractivity contribution is -0.143. The number of aliphatic hydroxyl groups is 2. The molecule has 0 heterocycles. The zero-order chi connectivity index (χ0) is 57.1. The smallest absolute Gasteiger partial charge is 0.305 e. The van der Waals surface area contributed by atoms with E-state index in [1.54, 1.807) is 6.08 Å². The first kappa shape index (κ1) is 77.3. The summed E-state index contributed by atoms with van der Waals surface area (Å²) >= 11 is 0. The van der Waals surface area contributed by atoms with Gasteiger partial charge in [-0.3, -0.25) is 9.59 Å². The standard InChI is InChI=1S/C73H141NO5/c1-3-5-7-9-11-13-15-17-19-21-30-35-39-43-47-51-55-59-63-67-73(78)79-68-64-60-56-52-48-44-40-36-32-29-27-25-23-24-26-28-31-34-38-42-46-50-54-58-62-66-72(77)74-70(69-75)71(76)65-61-57-53-49-45-41-37-33-22-20-18-16-14-12-10-8-6-4-2/h17,19,61,65,70-71,75-76H,3-16,18,20-60,62-64,66-69H2,1-2H3,(H,74,77)/b19-17-,65-61+. The molecule has 0 saturated heterocycles. The van der Waals surface area contributed by atoms with Gasteiger partial charge in [0.05, 0.1) is 25.4 Å². The zero-order valence-electron chi connectivity index (χ0n) is 53.6. The van der Waals surface area contributed by atoms with Gasteiger partial charge in [0, 0.05) is 12.8 Å². The number of aliphatic hydroxyl groups excluding tert-OH is 2. The molecule has 0 aliphatic rings. The fourth-order valence-corrected chi connectivity index (χ4v) is 11.5. The second-order valence-corrected chi connectivity index (χ2v) is 24.9. The summed E-state index contributed by atoms with van der Waals surface area (Å²) in [6.45, 7) is 4.94. The largest absolute Gasteiger partial charge is 0.466 e. The van der Waals surface area contributed by atoms with Crippen molar-refractivity contribution in [3.05, 3.63) is 24.3 Å². The van der Waals surface area contributed by atoms with Crippen LogP contribution in [0.2, 0.25) is 0 Å². The van der Waals surface area contributed by atoms with Crippen LogP contribution in [0.15, 0.2) is 24.3 Å². The van der Waals surface area contributed by atoms with Gasteiger partial charge in [0.2, 0.25) is 5.91 Å². The number of rotatable bonds is 68. The van der Waals surface area contributed by atoms with Crippen LogP contribution in [0.4, 0.5) is 0 Å². The predicted octanol–water partition coefficient (Wildman–Crippen LogP) is 23.3. The van der Waals surface area contributed by atoms with E-state index in [1.807, 2.05) is 6.08 Å². The Balaban J connectivity index is 3.36. The Labute approximate surface area is 494 Å². The highest BCUT2D eigenvalue weighted by Crippen LogP contribution is 2.19. The number of hydrogen-bond donors (Lipinski definition) is 3. The van der Waals surface area contributed by atoms with E-state index in [2.05, 4.69) is 31.3 Å². The Kier molecular flexibility index (Phi) is 67.4. The van der Waals surface area contributed by atoms with Crippen molar-refractivity contribution in [3.63, 3.8) is 0 Å². The molecule has 0 spiro atoms. The molecule has 79 heavy (non-hydrogen) atoms. The first-order valence-electron chi connectivity index (χ1n) is 36.1. The lowest BCUT2D eigenvalue weighted by Gasteiger charge is -2.20. The summed E-state index contributed by atoms with van der Waals surface area (Å²) in [5, 5.41) is 23.2. The van der Waals surface area contributed by atoms with E-state index in [9.17, 15) is 19.8 Å². The summed E-state index contributed by atoms with van der Waals surface area (Å²) in [5.41, 5.74) is 0. The zero-order valence-corrected chi connectivity index (χ0v) is 53.6. The van der Waals surface area contributed by atoms with Crippen LogP contribution in [0.3, 0.4) is 0 Å². The third-order valence-corrected chi connectivity index (χ3v) is 17.0. The van der Waals surface area contributed by atoms with Crippen LogP contribution >= 0.6 is 0 Å². The van der Waals surface area contributed by atoms with Crippen LogP contribution in [0.1, 0.15) is 406 Å². The van der Waals surface area contributed by atoms with Crippen molar-refractivity contribution in [2.45, 2.75) is 418 Å². The number of unbranched alkanes of at least 4 members (excludes halogenated alkanes) is 55. The summed E-state index contributed by atoms with van der Waals surface area (Å²) in [4.78, 5) is 24.6. The average Bonchev–Trinajstić information content (AvgIpc) is 3.45. The number of nitrogens with one attached hydrogen (secondary N) is 1. The number of esters is 1. The van der Waals surface area contributed by atoms with Gasteiger partial charge in [-0.25, -0.2) is 0 Å². The van der Waals surface area contributed by atoms with Crippen molar-refractivity contribution in [2.24, 2.45) is 0 Å². The first-order chi connectivity index (χ1) is 39.0. The van der Waals surface area contributed by atoms with Crippen LogP contribution in [-0.4, -0.2) is 47.4 Å². The minimum atomic E-state index is -0.844. The minimum Gasteiger partial charge on any atom is -0.466 e. The highest BCUT2D eigenvalue weighted by atomic mass is 16.5. The van der Waals surface area contributed by atoms with Crippen molar-refractivity contribution in [1.82, 2.24) is 5.32 Å². The normalized spacial score (nSPS) is 12.6. The van der Waals surface area contributed by atoms with E-state index < -0.39 is 12.1 Å². The van der Waals surface area contributed by atoms with E-state index >= 15 is 0 Å². The van der Waals surface area contributed by atoms with Crippen LogP contribution in [-0.2, 0) is 14.3 Å². The molecule has 0 radical (unpaired) electrons. The summed E-state index contributed by atoms with van der Waals surface area (Å²) in [5.74, 6) is -0.0462. The van der Waals surface area contributed by atoms with Gasteiger partial charge in [-0.2, -0.15) is 0 Å². The molecule has 468 valence electrons. The van der Waals surface area contributed by atoms with Gasteiger partial charge in [0.1, 0.15) is 0 Å². The molecule has 0 aromatic carbocycles. The SMILES string of the molecule is CCCCCCCC/C=C\CCCCCCCCCCCC(=O)OCCCCCCCCCCCCCCCCCCCCCCCCCCCC(=O)NC(CO)C(O)/C=C/CCCCCCCCCCCCCCCCCC. The Morgan fingerprint density at radius 3 is 0.899 bits per heavy atom. The number of carbonyl (C=O) groups excluding carboxylic acids is 2. The lowest BCUT2D eigenvalue weighted by atomic mass is 10.0. The second kappa shape index (κ2) is 68.8. The Morgan fingerprint density at radius 1 is 0.342 bits per heavy atom. The van der Waals surface area contributed by atoms with Crippen LogP contribution in [0, 0.1) is 0 Å². The maximum atomic E-state index is 12.5. The molecule has 0 fully saturated rings. The third-order valence-electron chi connectivity index (χ3n) is 17.0. The predicted molar refractivity (Wildman–Crippen MR) is 347 cm³/mol. The highest BCUT2D eigenvalue weighted by molar-refractivity contribution is 5.76. The molecule has 1 amide bonds. The number of amides is 1. The van der Waals surface area contributed by atoms with E-state index in [1.165, 1.54) is 340 Å². The molecule has 0 aromatic heterocycles. The van der Waals surface area contributed by atoms with Gasteiger partial charge in [0.25, 0.3) is 0 Å².